The third kappa shape index (κ3) is 2.46. The Hall–Kier alpha value is -1.07. The predicted molar refractivity (Wildman–Crippen MR) is 78.5 cm³/mol. The Balaban J connectivity index is 1.62. The van der Waals surface area contributed by atoms with Crippen LogP contribution >= 0.6 is 0 Å². The molecule has 4 aliphatic carbocycles. The standard InChI is InChI=1S/C16H20O4S/c17-21(18,19)20-15-3-1-14(2-4-15)16-8-11-5-12(9-16)7-13(6-11)10-16/h1-4,11-13H,5-10H2,(H,17,18,19). The van der Waals surface area contributed by atoms with Crippen LogP contribution < -0.4 is 4.18 Å². The van der Waals surface area contributed by atoms with Gasteiger partial charge in [0.15, 0.2) is 0 Å². The maximum absolute atomic E-state index is 10.7. The second-order valence-corrected chi connectivity index (χ2v) is 8.26. The molecule has 5 heteroatoms. The Morgan fingerprint density at radius 3 is 1.86 bits per heavy atom. The van der Waals surface area contributed by atoms with Crippen LogP contribution in [0, 0.1) is 17.8 Å². The zero-order chi connectivity index (χ0) is 14.7. The highest BCUT2D eigenvalue weighted by atomic mass is 32.3. The second kappa shape index (κ2) is 4.46. The van der Waals surface area contributed by atoms with E-state index in [1.165, 1.54) is 44.1 Å². The highest BCUT2D eigenvalue weighted by Crippen LogP contribution is 2.60. The summed E-state index contributed by atoms with van der Waals surface area (Å²) in [6, 6.07) is 7.27. The molecule has 21 heavy (non-hydrogen) atoms. The minimum atomic E-state index is -4.43. The lowest BCUT2D eigenvalue weighted by atomic mass is 9.48. The van der Waals surface area contributed by atoms with Crippen LogP contribution in [0.2, 0.25) is 0 Å². The lowest BCUT2D eigenvalue weighted by molar-refractivity contribution is -0.00519. The third-order valence-corrected chi connectivity index (χ3v) is 6.11. The number of benzene rings is 1. The van der Waals surface area contributed by atoms with Gasteiger partial charge in [-0.25, -0.2) is 0 Å². The maximum Gasteiger partial charge on any atom is 0.446 e. The maximum atomic E-state index is 10.7. The van der Waals surface area contributed by atoms with Crippen molar-refractivity contribution in [2.45, 2.75) is 43.9 Å². The number of hydrogen-bond donors (Lipinski definition) is 1. The van der Waals surface area contributed by atoms with Crippen LogP contribution in [0.25, 0.3) is 0 Å². The zero-order valence-corrected chi connectivity index (χ0v) is 12.7. The van der Waals surface area contributed by atoms with Gasteiger partial charge in [0, 0.05) is 0 Å². The fourth-order valence-electron chi connectivity index (χ4n) is 5.45. The molecule has 114 valence electrons. The second-order valence-electron chi connectivity index (χ2n) is 7.23. The minimum absolute atomic E-state index is 0.172. The van der Waals surface area contributed by atoms with Crippen molar-refractivity contribution in [3.8, 4) is 5.75 Å². The number of hydrogen-bond acceptors (Lipinski definition) is 3. The molecule has 0 unspecified atom stereocenters. The average Bonchev–Trinajstić information content (AvgIpc) is 2.35. The molecule has 1 aromatic rings. The van der Waals surface area contributed by atoms with Crippen LogP contribution in [0.5, 0.6) is 5.75 Å². The molecule has 0 atom stereocenters. The Labute approximate surface area is 125 Å². The van der Waals surface area contributed by atoms with Gasteiger partial charge in [-0.3, -0.25) is 4.55 Å². The van der Waals surface area contributed by atoms with Gasteiger partial charge >= 0.3 is 10.4 Å². The van der Waals surface area contributed by atoms with E-state index in [0.29, 0.717) is 5.41 Å². The summed E-state index contributed by atoms with van der Waals surface area (Å²) in [6.07, 6.45) is 8.04. The average molecular weight is 308 g/mol. The summed E-state index contributed by atoms with van der Waals surface area (Å²) in [5.41, 5.74) is 1.61. The number of rotatable bonds is 3. The summed E-state index contributed by atoms with van der Waals surface area (Å²) in [5, 5.41) is 0. The summed E-state index contributed by atoms with van der Waals surface area (Å²) < 4.78 is 34.7. The van der Waals surface area contributed by atoms with Crippen molar-refractivity contribution < 1.29 is 17.2 Å². The van der Waals surface area contributed by atoms with E-state index in [-0.39, 0.29) is 5.75 Å². The van der Waals surface area contributed by atoms with Crippen molar-refractivity contribution in [3.05, 3.63) is 29.8 Å². The smallest absolute Gasteiger partial charge is 0.362 e. The molecule has 0 spiro atoms. The topological polar surface area (TPSA) is 63.6 Å². The van der Waals surface area contributed by atoms with Crippen molar-refractivity contribution in [1.29, 1.82) is 0 Å². The molecule has 1 aromatic carbocycles. The monoisotopic (exact) mass is 308 g/mol. The van der Waals surface area contributed by atoms with Crippen LogP contribution in [-0.4, -0.2) is 13.0 Å². The molecule has 4 aliphatic rings. The van der Waals surface area contributed by atoms with E-state index < -0.39 is 10.4 Å². The molecule has 0 saturated heterocycles. The Kier molecular flexibility index (Phi) is 2.89. The lowest BCUT2D eigenvalue weighted by Gasteiger charge is -2.57. The largest absolute Gasteiger partial charge is 0.446 e. The highest BCUT2D eigenvalue weighted by Gasteiger charge is 2.51. The molecular formula is C16H20O4S. The van der Waals surface area contributed by atoms with E-state index in [0.717, 1.165) is 17.8 Å². The Bertz CT molecular complexity index is 612. The van der Waals surface area contributed by atoms with E-state index in [1.54, 1.807) is 12.1 Å². The first-order valence-corrected chi connectivity index (χ1v) is 9.06. The third-order valence-electron chi connectivity index (χ3n) is 5.71. The van der Waals surface area contributed by atoms with Crippen LogP contribution in [-0.2, 0) is 15.8 Å². The lowest BCUT2D eigenvalue weighted by Crippen LogP contribution is -2.48. The predicted octanol–water partition coefficient (Wildman–Crippen LogP) is 3.34. The molecule has 4 fully saturated rings. The molecule has 4 nitrogen and oxygen atoms in total. The van der Waals surface area contributed by atoms with Crippen molar-refractivity contribution in [2.75, 3.05) is 0 Å². The van der Waals surface area contributed by atoms with Gasteiger partial charge in [-0.15, -0.1) is 0 Å². The van der Waals surface area contributed by atoms with Gasteiger partial charge in [0.05, 0.1) is 0 Å². The van der Waals surface area contributed by atoms with Crippen molar-refractivity contribution in [3.63, 3.8) is 0 Å². The Morgan fingerprint density at radius 1 is 0.952 bits per heavy atom. The van der Waals surface area contributed by atoms with Crippen molar-refractivity contribution in [1.82, 2.24) is 0 Å². The molecule has 4 saturated carbocycles. The molecule has 0 amide bonds. The molecular weight excluding hydrogens is 288 g/mol. The quantitative estimate of drug-likeness (QED) is 0.870. The molecule has 0 aliphatic heterocycles. The normalized spacial score (nSPS) is 37.7. The summed E-state index contributed by atoms with van der Waals surface area (Å²) in [7, 11) is -4.43. The summed E-state index contributed by atoms with van der Waals surface area (Å²) in [5.74, 6) is 2.81. The van der Waals surface area contributed by atoms with Gasteiger partial charge in [-0.1, -0.05) is 12.1 Å². The first-order chi connectivity index (χ1) is 9.92. The molecule has 0 aromatic heterocycles. The summed E-state index contributed by atoms with van der Waals surface area (Å²) >= 11 is 0. The summed E-state index contributed by atoms with van der Waals surface area (Å²) in [6.45, 7) is 0. The fraction of sp³-hybridized carbons (Fsp3) is 0.625. The van der Waals surface area contributed by atoms with Crippen LogP contribution in [0.3, 0.4) is 0 Å². The van der Waals surface area contributed by atoms with E-state index in [9.17, 15) is 8.42 Å². The fourth-order valence-corrected chi connectivity index (χ4v) is 5.80. The van der Waals surface area contributed by atoms with Crippen molar-refractivity contribution in [2.24, 2.45) is 17.8 Å². The van der Waals surface area contributed by atoms with E-state index in [2.05, 4.69) is 4.18 Å². The molecule has 4 bridgehead atoms. The summed E-state index contributed by atoms with van der Waals surface area (Å²) in [4.78, 5) is 0. The van der Waals surface area contributed by atoms with Crippen LogP contribution in [0.15, 0.2) is 24.3 Å². The minimum Gasteiger partial charge on any atom is -0.362 e. The van der Waals surface area contributed by atoms with Crippen molar-refractivity contribution >= 4 is 10.4 Å². The highest BCUT2D eigenvalue weighted by molar-refractivity contribution is 7.81. The van der Waals surface area contributed by atoms with Gasteiger partial charge in [0.2, 0.25) is 0 Å². The van der Waals surface area contributed by atoms with E-state index in [4.69, 9.17) is 4.55 Å². The SMILES string of the molecule is O=S(=O)(O)Oc1ccc(C23CC4CC(CC(C4)C2)C3)cc1. The van der Waals surface area contributed by atoms with Gasteiger partial charge in [-0.2, -0.15) is 8.42 Å². The molecule has 1 N–H and O–H groups in total. The van der Waals surface area contributed by atoms with Gasteiger partial charge in [0.1, 0.15) is 5.75 Å². The Morgan fingerprint density at radius 2 is 1.43 bits per heavy atom. The van der Waals surface area contributed by atoms with E-state index in [1.807, 2.05) is 12.1 Å². The molecule has 5 rings (SSSR count). The first kappa shape index (κ1) is 13.6. The first-order valence-electron chi connectivity index (χ1n) is 7.69. The zero-order valence-electron chi connectivity index (χ0n) is 11.9. The van der Waals surface area contributed by atoms with Crippen LogP contribution in [0.1, 0.15) is 44.1 Å². The van der Waals surface area contributed by atoms with Gasteiger partial charge in [-0.05, 0) is 79.4 Å². The van der Waals surface area contributed by atoms with E-state index >= 15 is 0 Å². The van der Waals surface area contributed by atoms with Crippen LogP contribution in [0.4, 0.5) is 0 Å². The molecule has 0 radical (unpaired) electrons. The molecule has 0 heterocycles. The van der Waals surface area contributed by atoms with Gasteiger partial charge < -0.3 is 4.18 Å². The van der Waals surface area contributed by atoms with Gasteiger partial charge in [0.25, 0.3) is 0 Å².